The van der Waals surface area contributed by atoms with Gasteiger partial charge in [-0.25, -0.2) is 0 Å². The lowest BCUT2D eigenvalue weighted by Crippen LogP contribution is -2.24. The fourth-order valence-electron chi connectivity index (χ4n) is 3.90. The minimum Gasteiger partial charge on any atom is -0.393 e. The molecular weight excluding hydrogens is 562 g/mol. The van der Waals surface area contributed by atoms with Gasteiger partial charge in [-0.3, -0.25) is 4.79 Å². The fourth-order valence-corrected chi connectivity index (χ4v) is 6.81. The van der Waals surface area contributed by atoms with Crippen molar-refractivity contribution >= 4 is 49.1 Å². The summed E-state index contributed by atoms with van der Waals surface area (Å²) < 4.78 is 6.92. The molecule has 1 saturated carbocycles. The van der Waals surface area contributed by atoms with E-state index in [0.717, 1.165) is 32.4 Å². The lowest BCUT2D eigenvalue weighted by molar-refractivity contribution is -0.122. The van der Waals surface area contributed by atoms with E-state index in [2.05, 4.69) is 43.2 Å². The molecule has 1 aliphatic rings. The molecule has 1 aromatic rings. The summed E-state index contributed by atoms with van der Waals surface area (Å²) in [6.07, 6.45) is 10.2. The van der Waals surface area contributed by atoms with Crippen LogP contribution in [0, 0.1) is 11.8 Å². The summed E-state index contributed by atoms with van der Waals surface area (Å²) in [5.74, 6) is -0.305. The largest absolute Gasteiger partial charge is 0.393 e. The molecule has 32 heavy (non-hydrogen) atoms. The Hall–Kier alpha value is -0.550. The Morgan fingerprint density at radius 3 is 2.81 bits per heavy atom. The summed E-state index contributed by atoms with van der Waals surface area (Å²) in [7, 11) is 1.53. The third-order valence-electron chi connectivity index (χ3n) is 5.67. The van der Waals surface area contributed by atoms with E-state index in [9.17, 15) is 20.1 Å². The molecule has 1 amide bonds. The number of aliphatic hydroxyl groups is 3. The second-order valence-electron chi connectivity index (χ2n) is 8.08. The van der Waals surface area contributed by atoms with Crippen LogP contribution in [0.1, 0.15) is 44.1 Å². The molecule has 5 atom stereocenters. The van der Waals surface area contributed by atoms with E-state index < -0.39 is 18.3 Å². The molecular formula is C23H33Br2NO5S. The molecule has 9 heteroatoms. The van der Waals surface area contributed by atoms with Gasteiger partial charge in [0.1, 0.15) is 6.73 Å². The highest BCUT2D eigenvalue weighted by Crippen LogP contribution is 2.36. The number of rotatable bonds is 13. The van der Waals surface area contributed by atoms with Crippen molar-refractivity contribution in [1.82, 2.24) is 5.32 Å². The van der Waals surface area contributed by atoms with Gasteiger partial charge in [0.2, 0.25) is 5.91 Å². The third-order valence-corrected chi connectivity index (χ3v) is 8.14. The highest BCUT2D eigenvalue weighted by molar-refractivity contribution is 9.12. The van der Waals surface area contributed by atoms with Crippen molar-refractivity contribution in [2.24, 2.45) is 11.8 Å². The van der Waals surface area contributed by atoms with Crippen LogP contribution in [0.2, 0.25) is 0 Å². The zero-order valence-electron chi connectivity index (χ0n) is 18.3. The van der Waals surface area contributed by atoms with E-state index in [1.54, 1.807) is 17.4 Å². The topological polar surface area (TPSA) is 99.0 Å². The van der Waals surface area contributed by atoms with Gasteiger partial charge in [0.25, 0.3) is 0 Å². The number of nitrogens with one attached hydrogen (secondary N) is 1. The number of allylic oxidation sites excluding steroid dienone is 2. The van der Waals surface area contributed by atoms with Crippen molar-refractivity contribution in [3.63, 3.8) is 0 Å². The van der Waals surface area contributed by atoms with Crippen LogP contribution in [0.3, 0.4) is 0 Å². The SMILES string of the molecule is COCNC(=O)CCC/C=C\C[C@@H]1[C@@H](/C=C/[C@@H](O)CCc2cc(Br)sc2Br)[C@H](O)C[C@@H]1O. The number of ether oxygens (including phenoxy) is 1. The molecule has 180 valence electrons. The molecule has 2 rings (SSSR count). The maximum Gasteiger partial charge on any atom is 0.221 e. The quantitative estimate of drug-likeness (QED) is 0.155. The number of aryl methyl sites for hydroxylation is 1. The highest BCUT2D eigenvalue weighted by Gasteiger charge is 2.39. The number of aliphatic hydroxyl groups excluding tert-OH is 3. The van der Waals surface area contributed by atoms with E-state index in [0.29, 0.717) is 25.7 Å². The van der Waals surface area contributed by atoms with Gasteiger partial charge in [-0.05, 0) is 81.5 Å². The summed E-state index contributed by atoms with van der Waals surface area (Å²) in [5, 5.41) is 33.8. The first-order chi connectivity index (χ1) is 15.3. The first kappa shape index (κ1) is 27.7. The third kappa shape index (κ3) is 9.37. The Labute approximate surface area is 211 Å². The summed E-state index contributed by atoms with van der Waals surface area (Å²) in [6, 6.07) is 2.05. The standard InChI is InChI=1S/C23H33Br2NO5S/c1-31-14-26-22(30)7-5-3-2-4-6-17-18(20(29)13-19(17)28)11-10-16(27)9-8-15-12-21(24)32-23(15)25/h2,4,10-12,16-20,27-29H,3,5-9,13-14H2,1H3,(H,26,30)/b4-2-,11-10+/t16-,17+,18+,19-,20+/m0/s1. The van der Waals surface area contributed by atoms with Gasteiger partial charge in [-0.15, -0.1) is 11.3 Å². The maximum absolute atomic E-state index is 11.5. The average molecular weight is 595 g/mol. The number of hydrogen-bond acceptors (Lipinski definition) is 6. The van der Waals surface area contributed by atoms with Crippen LogP contribution >= 0.6 is 43.2 Å². The van der Waals surface area contributed by atoms with E-state index in [-0.39, 0.29) is 24.5 Å². The van der Waals surface area contributed by atoms with E-state index in [4.69, 9.17) is 4.74 Å². The predicted octanol–water partition coefficient (Wildman–Crippen LogP) is 4.32. The van der Waals surface area contributed by atoms with Crippen molar-refractivity contribution in [3.8, 4) is 0 Å². The van der Waals surface area contributed by atoms with Crippen molar-refractivity contribution in [2.75, 3.05) is 13.8 Å². The molecule has 0 unspecified atom stereocenters. The van der Waals surface area contributed by atoms with Crippen LogP contribution in [-0.4, -0.2) is 53.4 Å². The smallest absolute Gasteiger partial charge is 0.221 e. The van der Waals surface area contributed by atoms with E-state index >= 15 is 0 Å². The monoisotopic (exact) mass is 593 g/mol. The molecule has 0 radical (unpaired) electrons. The summed E-state index contributed by atoms with van der Waals surface area (Å²) >= 11 is 8.62. The number of halogens is 2. The van der Waals surface area contributed by atoms with Crippen LogP contribution in [0.15, 0.2) is 37.9 Å². The van der Waals surface area contributed by atoms with Gasteiger partial charge < -0.3 is 25.4 Å². The zero-order valence-corrected chi connectivity index (χ0v) is 22.2. The molecule has 4 N–H and O–H groups in total. The van der Waals surface area contributed by atoms with Crippen LogP contribution in [-0.2, 0) is 16.0 Å². The summed E-state index contributed by atoms with van der Waals surface area (Å²) in [6.45, 7) is 0.226. The van der Waals surface area contributed by atoms with Gasteiger partial charge >= 0.3 is 0 Å². The van der Waals surface area contributed by atoms with Crippen LogP contribution in [0.4, 0.5) is 0 Å². The number of thiophene rings is 1. The molecule has 0 spiro atoms. The zero-order chi connectivity index (χ0) is 23.5. The Kier molecular flexibility index (Phi) is 12.7. The minimum atomic E-state index is -0.613. The fraction of sp³-hybridized carbons (Fsp3) is 0.609. The highest BCUT2D eigenvalue weighted by atomic mass is 79.9. The Balaban J connectivity index is 1.78. The van der Waals surface area contributed by atoms with Gasteiger partial charge in [0.15, 0.2) is 0 Å². The number of hydrogen-bond donors (Lipinski definition) is 4. The Bertz CT molecular complexity index is 770. The molecule has 0 bridgehead atoms. The van der Waals surface area contributed by atoms with Gasteiger partial charge in [-0.1, -0.05) is 24.3 Å². The lowest BCUT2D eigenvalue weighted by atomic mass is 9.89. The van der Waals surface area contributed by atoms with Crippen molar-refractivity contribution < 1.29 is 24.9 Å². The van der Waals surface area contributed by atoms with E-state index in [1.807, 2.05) is 18.2 Å². The number of carbonyl (C=O) groups is 1. The second-order valence-corrected chi connectivity index (χ2v) is 11.8. The molecule has 0 aliphatic heterocycles. The van der Waals surface area contributed by atoms with Crippen molar-refractivity contribution in [1.29, 1.82) is 0 Å². The van der Waals surface area contributed by atoms with Crippen molar-refractivity contribution in [2.45, 2.75) is 63.3 Å². The second kappa shape index (κ2) is 14.7. The predicted molar refractivity (Wildman–Crippen MR) is 134 cm³/mol. The number of methoxy groups -OCH3 is 1. The normalized spacial score (nSPS) is 24.6. The molecule has 0 saturated heterocycles. The van der Waals surface area contributed by atoms with Crippen LogP contribution in [0.5, 0.6) is 0 Å². The molecule has 1 fully saturated rings. The number of carbonyl (C=O) groups excluding carboxylic acids is 1. The lowest BCUT2D eigenvalue weighted by Gasteiger charge is -2.19. The van der Waals surface area contributed by atoms with Crippen molar-refractivity contribution in [3.05, 3.63) is 43.5 Å². The summed E-state index contributed by atoms with van der Waals surface area (Å²) in [4.78, 5) is 11.5. The van der Waals surface area contributed by atoms with Gasteiger partial charge in [-0.2, -0.15) is 0 Å². The number of unbranched alkanes of at least 4 members (excludes halogenated alkanes) is 1. The molecule has 0 aromatic carbocycles. The molecule has 1 aromatic heterocycles. The van der Waals surface area contributed by atoms with Crippen LogP contribution < -0.4 is 5.32 Å². The molecule has 1 heterocycles. The minimum absolute atomic E-state index is 0.0302. The maximum atomic E-state index is 11.5. The first-order valence-corrected chi connectivity index (χ1v) is 13.3. The van der Waals surface area contributed by atoms with Crippen LogP contribution in [0.25, 0.3) is 0 Å². The van der Waals surface area contributed by atoms with E-state index in [1.165, 1.54) is 7.11 Å². The Morgan fingerprint density at radius 1 is 1.34 bits per heavy atom. The van der Waals surface area contributed by atoms with Gasteiger partial charge in [0, 0.05) is 25.9 Å². The number of amides is 1. The molecule has 1 aliphatic carbocycles. The Morgan fingerprint density at radius 2 is 2.12 bits per heavy atom. The summed E-state index contributed by atoms with van der Waals surface area (Å²) in [5.41, 5.74) is 1.16. The van der Waals surface area contributed by atoms with Gasteiger partial charge in [0.05, 0.1) is 25.9 Å². The first-order valence-electron chi connectivity index (χ1n) is 10.9. The molecule has 6 nitrogen and oxygen atoms in total. The average Bonchev–Trinajstić information content (AvgIpc) is 3.21.